The first-order valence-electron chi connectivity index (χ1n) is 6.34. The maximum Gasteiger partial charge on any atom is 0.248 e. The highest BCUT2D eigenvalue weighted by molar-refractivity contribution is 5.76. The third kappa shape index (κ3) is 3.96. The minimum Gasteiger partial charge on any atom is -0.364 e. The van der Waals surface area contributed by atoms with E-state index in [9.17, 15) is 4.79 Å². The summed E-state index contributed by atoms with van der Waals surface area (Å²) < 4.78 is 5.82. The molecule has 0 radical (unpaired) electrons. The van der Waals surface area contributed by atoms with Gasteiger partial charge in [0.15, 0.2) is 0 Å². The number of carbonyl (C=O) groups excluding carboxylic acids is 1. The molecule has 4 nitrogen and oxygen atoms in total. The average Bonchev–Trinajstić information content (AvgIpc) is 2.28. The fraction of sp³-hybridized carbons (Fsp3) is 0.923. The highest BCUT2D eigenvalue weighted by Crippen LogP contribution is 2.41. The Hall–Kier alpha value is -0.610. The van der Waals surface area contributed by atoms with Crippen molar-refractivity contribution in [3.8, 4) is 0 Å². The molecule has 0 aliphatic heterocycles. The molecule has 0 aromatic carbocycles. The number of ether oxygens (including phenoxy) is 1. The van der Waals surface area contributed by atoms with Gasteiger partial charge in [0.05, 0.1) is 5.60 Å². The summed E-state index contributed by atoms with van der Waals surface area (Å²) in [5, 5.41) is 0. The van der Waals surface area contributed by atoms with Gasteiger partial charge in [-0.3, -0.25) is 4.79 Å². The van der Waals surface area contributed by atoms with Gasteiger partial charge in [-0.05, 0) is 31.1 Å². The smallest absolute Gasteiger partial charge is 0.248 e. The fourth-order valence-electron chi connectivity index (χ4n) is 2.13. The van der Waals surface area contributed by atoms with Crippen LogP contribution in [0.15, 0.2) is 0 Å². The predicted octanol–water partition coefficient (Wildman–Crippen LogP) is 1.39. The molecule has 0 aromatic heterocycles. The van der Waals surface area contributed by atoms with E-state index in [1.807, 2.05) is 0 Å². The van der Waals surface area contributed by atoms with Crippen LogP contribution in [0.25, 0.3) is 0 Å². The Balaban J connectivity index is 2.51. The summed E-state index contributed by atoms with van der Waals surface area (Å²) >= 11 is 0. The lowest BCUT2D eigenvalue weighted by Gasteiger charge is -2.42. The van der Waals surface area contributed by atoms with Crippen molar-refractivity contribution in [2.45, 2.75) is 45.1 Å². The molecule has 0 aromatic rings. The predicted molar refractivity (Wildman–Crippen MR) is 68.7 cm³/mol. The Morgan fingerprint density at radius 1 is 1.24 bits per heavy atom. The van der Waals surface area contributed by atoms with Crippen molar-refractivity contribution in [1.29, 1.82) is 0 Å². The summed E-state index contributed by atoms with van der Waals surface area (Å²) in [5.41, 5.74) is 5.95. The molecular weight excluding hydrogens is 216 g/mol. The zero-order chi connectivity index (χ0) is 13.1. The van der Waals surface area contributed by atoms with Crippen LogP contribution in [0.4, 0.5) is 0 Å². The SMILES string of the molecule is CN(C)C(=O)COC1(CN)CCC(C)(C)CC1. The minimum absolute atomic E-state index is 0.00246. The van der Waals surface area contributed by atoms with Crippen LogP contribution < -0.4 is 5.73 Å². The van der Waals surface area contributed by atoms with Crippen LogP contribution in [0.3, 0.4) is 0 Å². The molecule has 1 rings (SSSR count). The van der Waals surface area contributed by atoms with Gasteiger partial charge in [-0.15, -0.1) is 0 Å². The molecule has 0 atom stereocenters. The first kappa shape index (κ1) is 14.5. The molecule has 0 saturated heterocycles. The third-order valence-electron chi connectivity index (χ3n) is 3.89. The maximum atomic E-state index is 11.5. The molecular formula is C13H26N2O2. The van der Waals surface area contributed by atoms with Crippen molar-refractivity contribution < 1.29 is 9.53 Å². The van der Waals surface area contributed by atoms with Gasteiger partial charge in [0.1, 0.15) is 6.61 Å². The molecule has 17 heavy (non-hydrogen) atoms. The van der Waals surface area contributed by atoms with Gasteiger partial charge in [0.25, 0.3) is 0 Å². The van der Waals surface area contributed by atoms with Gasteiger partial charge in [0, 0.05) is 20.6 Å². The van der Waals surface area contributed by atoms with Crippen LogP contribution in [0.1, 0.15) is 39.5 Å². The number of nitrogens with two attached hydrogens (primary N) is 1. The topological polar surface area (TPSA) is 55.6 Å². The van der Waals surface area contributed by atoms with Gasteiger partial charge in [-0.2, -0.15) is 0 Å². The number of likely N-dealkylation sites (N-methyl/N-ethyl adjacent to an activating group) is 1. The zero-order valence-corrected chi connectivity index (χ0v) is 11.6. The van der Waals surface area contributed by atoms with Crippen LogP contribution in [0.2, 0.25) is 0 Å². The molecule has 1 aliphatic rings. The van der Waals surface area contributed by atoms with Crippen LogP contribution in [0.5, 0.6) is 0 Å². The van der Waals surface area contributed by atoms with E-state index in [1.54, 1.807) is 19.0 Å². The third-order valence-corrected chi connectivity index (χ3v) is 3.89. The van der Waals surface area contributed by atoms with E-state index >= 15 is 0 Å². The van der Waals surface area contributed by atoms with Crippen LogP contribution >= 0.6 is 0 Å². The highest BCUT2D eigenvalue weighted by atomic mass is 16.5. The number of rotatable bonds is 4. The zero-order valence-electron chi connectivity index (χ0n) is 11.6. The van der Waals surface area contributed by atoms with E-state index in [1.165, 1.54) is 0 Å². The van der Waals surface area contributed by atoms with Gasteiger partial charge < -0.3 is 15.4 Å². The summed E-state index contributed by atoms with van der Waals surface area (Å²) in [5.74, 6) is 0.00246. The van der Waals surface area contributed by atoms with Crippen molar-refractivity contribution in [2.24, 2.45) is 11.1 Å². The molecule has 4 heteroatoms. The largest absolute Gasteiger partial charge is 0.364 e. The van der Waals surface area contributed by atoms with E-state index in [0.717, 1.165) is 25.7 Å². The van der Waals surface area contributed by atoms with Crippen molar-refractivity contribution >= 4 is 5.91 Å². The molecule has 0 spiro atoms. The number of amides is 1. The molecule has 0 unspecified atom stereocenters. The second-order valence-corrected chi connectivity index (χ2v) is 6.13. The van der Waals surface area contributed by atoms with E-state index in [0.29, 0.717) is 12.0 Å². The van der Waals surface area contributed by atoms with E-state index in [-0.39, 0.29) is 18.1 Å². The first-order chi connectivity index (χ1) is 7.80. The molecule has 1 saturated carbocycles. The Labute approximate surface area is 104 Å². The standard InChI is InChI=1S/C13H26N2O2/c1-12(2)5-7-13(10-14,8-6-12)17-9-11(16)15(3)4/h5-10,14H2,1-4H3. The van der Waals surface area contributed by atoms with Crippen LogP contribution in [0, 0.1) is 5.41 Å². The number of hydrogen-bond donors (Lipinski definition) is 1. The van der Waals surface area contributed by atoms with Crippen molar-refractivity contribution in [2.75, 3.05) is 27.2 Å². The van der Waals surface area contributed by atoms with Crippen molar-refractivity contribution in [3.05, 3.63) is 0 Å². The van der Waals surface area contributed by atoms with Gasteiger partial charge in [0.2, 0.25) is 5.91 Å². The Morgan fingerprint density at radius 2 is 1.76 bits per heavy atom. The molecule has 1 amide bonds. The fourth-order valence-corrected chi connectivity index (χ4v) is 2.13. The second-order valence-electron chi connectivity index (χ2n) is 6.13. The number of hydrogen-bond acceptors (Lipinski definition) is 3. The summed E-state index contributed by atoms with van der Waals surface area (Å²) in [4.78, 5) is 13.1. The molecule has 2 N–H and O–H groups in total. The Morgan fingerprint density at radius 3 is 2.18 bits per heavy atom. The average molecular weight is 242 g/mol. The molecule has 100 valence electrons. The highest BCUT2D eigenvalue weighted by Gasteiger charge is 2.38. The summed E-state index contributed by atoms with van der Waals surface area (Å²) in [7, 11) is 3.48. The minimum atomic E-state index is -0.277. The molecule has 1 aliphatic carbocycles. The summed E-state index contributed by atoms with van der Waals surface area (Å²) in [6.07, 6.45) is 4.13. The van der Waals surface area contributed by atoms with E-state index in [2.05, 4.69) is 13.8 Å². The first-order valence-corrected chi connectivity index (χ1v) is 6.34. The van der Waals surface area contributed by atoms with Crippen LogP contribution in [-0.4, -0.2) is 43.7 Å². The second kappa shape index (κ2) is 5.36. The number of carbonyl (C=O) groups is 1. The van der Waals surface area contributed by atoms with Crippen molar-refractivity contribution in [1.82, 2.24) is 4.90 Å². The van der Waals surface area contributed by atoms with Gasteiger partial charge in [-0.25, -0.2) is 0 Å². The normalized spacial score (nSPS) is 22.2. The number of nitrogens with zero attached hydrogens (tertiary/aromatic N) is 1. The van der Waals surface area contributed by atoms with Gasteiger partial charge >= 0.3 is 0 Å². The van der Waals surface area contributed by atoms with E-state index < -0.39 is 0 Å². The van der Waals surface area contributed by atoms with Crippen molar-refractivity contribution in [3.63, 3.8) is 0 Å². The summed E-state index contributed by atoms with van der Waals surface area (Å²) in [6, 6.07) is 0. The summed E-state index contributed by atoms with van der Waals surface area (Å²) in [6.45, 7) is 5.20. The lowest BCUT2D eigenvalue weighted by atomic mass is 9.71. The lowest BCUT2D eigenvalue weighted by Crippen LogP contribution is -2.47. The van der Waals surface area contributed by atoms with Crippen LogP contribution in [-0.2, 0) is 9.53 Å². The lowest BCUT2D eigenvalue weighted by molar-refractivity contribution is -0.144. The molecule has 1 fully saturated rings. The molecule has 0 heterocycles. The Bertz CT molecular complexity index is 265. The van der Waals surface area contributed by atoms with E-state index in [4.69, 9.17) is 10.5 Å². The Kier molecular flexibility index (Phi) is 4.55. The quantitative estimate of drug-likeness (QED) is 0.810. The molecule has 0 bridgehead atoms. The monoisotopic (exact) mass is 242 g/mol. The van der Waals surface area contributed by atoms with Gasteiger partial charge in [-0.1, -0.05) is 13.8 Å². The maximum absolute atomic E-state index is 11.5.